The molecule has 0 bridgehead atoms. The van der Waals surface area contributed by atoms with Gasteiger partial charge < -0.3 is 10.2 Å². The minimum atomic E-state index is 0.663. The van der Waals surface area contributed by atoms with E-state index in [-0.39, 0.29) is 0 Å². The van der Waals surface area contributed by atoms with E-state index in [0.717, 1.165) is 23.7 Å². The Kier molecular flexibility index (Phi) is 5.36. The normalized spacial score (nSPS) is 10.6. The van der Waals surface area contributed by atoms with Gasteiger partial charge in [0.2, 0.25) is 5.95 Å². The molecular formula is C18H26N4. The van der Waals surface area contributed by atoms with E-state index in [2.05, 4.69) is 66.2 Å². The Hall–Kier alpha value is -2.10. The van der Waals surface area contributed by atoms with Crippen molar-refractivity contribution >= 4 is 17.5 Å². The summed E-state index contributed by atoms with van der Waals surface area (Å²) in [6, 6.07) is 8.29. The van der Waals surface area contributed by atoms with E-state index in [1.807, 2.05) is 13.0 Å². The van der Waals surface area contributed by atoms with E-state index >= 15 is 0 Å². The number of benzene rings is 1. The van der Waals surface area contributed by atoms with Crippen LogP contribution in [-0.2, 0) is 0 Å². The lowest BCUT2D eigenvalue weighted by Crippen LogP contribution is -2.20. The summed E-state index contributed by atoms with van der Waals surface area (Å²) in [7, 11) is 2.08. The third-order valence-corrected chi connectivity index (χ3v) is 3.80. The molecule has 0 aliphatic heterocycles. The predicted octanol–water partition coefficient (Wildman–Crippen LogP) is 4.38. The molecule has 0 atom stereocenters. The summed E-state index contributed by atoms with van der Waals surface area (Å²) in [6.45, 7) is 9.41. The number of para-hydroxylation sites is 1. The fourth-order valence-electron chi connectivity index (χ4n) is 2.44. The van der Waals surface area contributed by atoms with E-state index in [4.69, 9.17) is 0 Å². The lowest BCUT2D eigenvalue weighted by Gasteiger charge is -2.19. The van der Waals surface area contributed by atoms with Crippen LogP contribution in [0.15, 0.2) is 24.3 Å². The van der Waals surface area contributed by atoms with Crippen LogP contribution in [0.2, 0.25) is 0 Å². The van der Waals surface area contributed by atoms with Crippen molar-refractivity contribution in [3.63, 3.8) is 0 Å². The number of nitrogens with one attached hydrogen (secondary N) is 1. The third kappa shape index (κ3) is 3.97. The Morgan fingerprint density at radius 1 is 1.09 bits per heavy atom. The number of hydrogen-bond donors (Lipinski definition) is 1. The van der Waals surface area contributed by atoms with Gasteiger partial charge in [-0.1, -0.05) is 31.5 Å². The highest BCUT2D eigenvalue weighted by atomic mass is 15.2. The summed E-state index contributed by atoms with van der Waals surface area (Å²) in [5.74, 6) is 1.63. The second-order valence-corrected chi connectivity index (χ2v) is 5.86. The van der Waals surface area contributed by atoms with Crippen molar-refractivity contribution in [2.75, 3.05) is 23.8 Å². The average Bonchev–Trinajstić information content (AvgIpc) is 2.48. The highest BCUT2D eigenvalue weighted by Crippen LogP contribution is 2.24. The van der Waals surface area contributed by atoms with Gasteiger partial charge in [0.15, 0.2) is 0 Å². The number of hydrogen-bond acceptors (Lipinski definition) is 4. The molecule has 118 valence electrons. The zero-order valence-corrected chi connectivity index (χ0v) is 14.3. The average molecular weight is 298 g/mol. The number of nitrogens with zero attached hydrogens (tertiary/aromatic N) is 3. The number of unbranched alkanes of at least 4 members (excludes halogenated alkanes) is 1. The van der Waals surface area contributed by atoms with Gasteiger partial charge in [0.1, 0.15) is 5.82 Å². The molecule has 0 radical (unpaired) electrons. The Morgan fingerprint density at radius 2 is 1.77 bits per heavy atom. The maximum Gasteiger partial charge on any atom is 0.229 e. The van der Waals surface area contributed by atoms with Gasteiger partial charge in [0.05, 0.1) is 0 Å². The van der Waals surface area contributed by atoms with Crippen LogP contribution in [0.25, 0.3) is 0 Å². The van der Waals surface area contributed by atoms with Crippen LogP contribution < -0.4 is 10.2 Å². The summed E-state index contributed by atoms with van der Waals surface area (Å²) in [6.07, 6.45) is 2.35. The summed E-state index contributed by atoms with van der Waals surface area (Å²) < 4.78 is 0. The van der Waals surface area contributed by atoms with Crippen LogP contribution in [-0.4, -0.2) is 23.6 Å². The minimum absolute atomic E-state index is 0.663. The molecule has 0 amide bonds. The van der Waals surface area contributed by atoms with Gasteiger partial charge >= 0.3 is 0 Å². The van der Waals surface area contributed by atoms with Gasteiger partial charge in [-0.05, 0) is 38.3 Å². The molecule has 0 spiro atoms. The lowest BCUT2D eigenvalue weighted by atomic mass is 10.1. The van der Waals surface area contributed by atoms with Crippen LogP contribution in [0.1, 0.15) is 36.6 Å². The van der Waals surface area contributed by atoms with Gasteiger partial charge in [0.25, 0.3) is 0 Å². The zero-order chi connectivity index (χ0) is 16.1. The smallest absolute Gasteiger partial charge is 0.229 e. The fraction of sp³-hybridized carbons (Fsp3) is 0.444. The maximum atomic E-state index is 4.67. The molecule has 0 saturated carbocycles. The number of aromatic nitrogens is 2. The first-order valence-corrected chi connectivity index (χ1v) is 7.91. The molecule has 1 N–H and O–H groups in total. The minimum Gasteiger partial charge on any atom is -0.360 e. The Morgan fingerprint density at radius 3 is 2.41 bits per heavy atom. The summed E-state index contributed by atoms with van der Waals surface area (Å²) in [4.78, 5) is 11.4. The highest BCUT2D eigenvalue weighted by molar-refractivity contribution is 5.63. The fourth-order valence-corrected chi connectivity index (χ4v) is 2.44. The van der Waals surface area contributed by atoms with Crippen LogP contribution in [0, 0.1) is 20.8 Å². The Bertz CT molecular complexity index is 617. The molecule has 4 heteroatoms. The number of rotatable bonds is 6. The van der Waals surface area contributed by atoms with Crippen molar-refractivity contribution in [3.05, 3.63) is 41.1 Å². The molecule has 22 heavy (non-hydrogen) atoms. The van der Waals surface area contributed by atoms with E-state index in [9.17, 15) is 0 Å². The van der Waals surface area contributed by atoms with Gasteiger partial charge in [0, 0.05) is 31.0 Å². The molecule has 1 heterocycles. The van der Waals surface area contributed by atoms with Crippen LogP contribution in [0.5, 0.6) is 0 Å². The topological polar surface area (TPSA) is 41.1 Å². The molecule has 4 nitrogen and oxygen atoms in total. The van der Waals surface area contributed by atoms with Crippen LogP contribution >= 0.6 is 0 Å². The Balaban J connectivity index is 2.26. The first kappa shape index (κ1) is 16.3. The van der Waals surface area contributed by atoms with E-state index in [1.54, 1.807) is 0 Å². The SMILES string of the molecule is CCCCN(C)c1cc(C)nc(Nc2c(C)cccc2C)n1. The molecule has 2 aromatic rings. The van der Waals surface area contributed by atoms with Crippen molar-refractivity contribution in [2.24, 2.45) is 0 Å². The molecule has 0 fully saturated rings. The summed E-state index contributed by atoms with van der Waals surface area (Å²) in [5.41, 5.74) is 4.47. The lowest BCUT2D eigenvalue weighted by molar-refractivity contribution is 0.758. The van der Waals surface area contributed by atoms with E-state index in [0.29, 0.717) is 5.95 Å². The van der Waals surface area contributed by atoms with Gasteiger partial charge in [-0.2, -0.15) is 4.98 Å². The van der Waals surface area contributed by atoms with Crippen molar-refractivity contribution < 1.29 is 0 Å². The summed E-state index contributed by atoms with van der Waals surface area (Å²) >= 11 is 0. The molecule has 0 aliphatic carbocycles. The monoisotopic (exact) mass is 298 g/mol. The number of anilines is 3. The summed E-state index contributed by atoms with van der Waals surface area (Å²) in [5, 5.41) is 3.38. The predicted molar refractivity (Wildman–Crippen MR) is 94.1 cm³/mol. The molecule has 0 saturated heterocycles. The highest BCUT2D eigenvalue weighted by Gasteiger charge is 2.09. The van der Waals surface area contributed by atoms with Gasteiger partial charge in [-0.3, -0.25) is 0 Å². The molecule has 0 aliphatic rings. The van der Waals surface area contributed by atoms with Gasteiger partial charge in [-0.15, -0.1) is 0 Å². The van der Waals surface area contributed by atoms with E-state index < -0.39 is 0 Å². The molecule has 2 rings (SSSR count). The standard InChI is InChI=1S/C18H26N4/c1-6-7-11-22(5)16-12-15(4)19-18(20-16)21-17-13(2)9-8-10-14(17)3/h8-10,12H,6-7,11H2,1-5H3,(H,19,20,21). The van der Waals surface area contributed by atoms with Crippen LogP contribution in [0.4, 0.5) is 17.5 Å². The van der Waals surface area contributed by atoms with Crippen molar-refractivity contribution in [2.45, 2.75) is 40.5 Å². The molecule has 1 aromatic heterocycles. The van der Waals surface area contributed by atoms with Crippen molar-refractivity contribution in [1.29, 1.82) is 0 Å². The number of aryl methyl sites for hydroxylation is 3. The molecular weight excluding hydrogens is 272 g/mol. The third-order valence-electron chi connectivity index (χ3n) is 3.80. The van der Waals surface area contributed by atoms with Crippen LogP contribution in [0.3, 0.4) is 0 Å². The van der Waals surface area contributed by atoms with Crippen molar-refractivity contribution in [3.8, 4) is 0 Å². The van der Waals surface area contributed by atoms with Crippen molar-refractivity contribution in [1.82, 2.24) is 9.97 Å². The second kappa shape index (κ2) is 7.25. The zero-order valence-electron chi connectivity index (χ0n) is 14.3. The first-order chi connectivity index (χ1) is 10.5. The molecule has 0 unspecified atom stereocenters. The largest absolute Gasteiger partial charge is 0.360 e. The quantitative estimate of drug-likeness (QED) is 0.859. The van der Waals surface area contributed by atoms with Gasteiger partial charge in [-0.25, -0.2) is 4.98 Å². The second-order valence-electron chi connectivity index (χ2n) is 5.86. The maximum absolute atomic E-state index is 4.67. The molecule has 1 aromatic carbocycles. The van der Waals surface area contributed by atoms with E-state index in [1.165, 1.54) is 24.0 Å². The Labute approximate surface area is 133 Å². The first-order valence-electron chi connectivity index (χ1n) is 7.91.